The summed E-state index contributed by atoms with van der Waals surface area (Å²) in [4.78, 5) is 0. The van der Waals surface area contributed by atoms with Crippen molar-refractivity contribution in [1.29, 1.82) is 0 Å². The van der Waals surface area contributed by atoms with Crippen LogP contribution in [0, 0.1) is 7.43 Å². The van der Waals surface area contributed by atoms with Gasteiger partial charge in [0.2, 0.25) is 12.4 Å². The maximum atomic E-state index is 8.98. The van der Waals surface area contributed by atoms with E-state index >= 15 is 0 Å². The number of rotatable bonds is 1. The van der Waals surface area contributed by atoms with Gasteiger partial charge < -0.3 is 7.43 Å². The van der Waals surface area contributed by atoms with Gasteiger partial charge >= 0.3 is 0 Å². The van der Waals surface area contributed by atoms with Crippen LogP contribution in [-0.2, 0) is 63.2 Å². The SMILES string of the molecule is CC(C)c1ccc[n+](O)c1.[CH3-].[W].[W].[W]. The third kappa shape index (κ3) is 8.33. The van der Waals surface area contributed by atoms with Gasteiger partial charge in [0, 0.05) is 79.6 Å². The fourth-order valence-corrected chi connectivity index (χ4v) is 0.823. The number of pyridine rings is 1. The van der Waals surface area contributed by atoms with Gasteiger partial charge in [0.25, 0.3) is 0 Å². The van der Waals surface area contributed by atoms with E-state index in [4.69, 9.17) is 5.21 Å². The van der Waals surface area contributed by atoms with Crippen molar-refractivity contribution >= 4 is 0 Å². The first kappa shape index (κ1) is 24.3. The van der Waals surface area contributed by atoms with E-state index in [1.807, 2.05) is 12.1 Å². The molecule has 0 aliphatic rings. The Morgan fingerprint density at radius 2 is 1.71 bits per heavy atom. The van der Waals surface area contributed by atoms with Crippen LogP contribution in [0.2, 0.25) is 0 Å². The summed E-state index contributed by atoms with van der Waals surface area (Å²) in [6.07, 6.45) is 3.32. The van der Waals surface area contributed by atoms with E-state index in [1.54, 1.807) is 12.4 Å². The number of nitrogens with zero attached hydrogens (tertiary/aromatic N) is 1. The fourth-order valence-electron chi connectivity index (χ4n) is 0.823. The van der Waals surface area contributed by atoms with Gasteiger partial charge in [-0.1, -0.05) is 13.8 Å². The van der Waals surface area contributed by atoms with Gasteiger partial charge in [0.05, 0.1) is 0 Å². The fraction of sp³-hybridized carbons (Fsp3) is 0.333. The molecule has 1 rings (SSSR count). The first-order valence-electron chi connectivity index (χ1n) is 3.40. The van der Waals surface area contributed by atoms with Crippen molar-refractivity contribution in [2.75, 3.05) is 0 Å². The summed E-state index contributed by atoms with van der Waals surface area (Å²) in [7, 11) is 0. The minimum absolute atomic E-state index is 0. The predicted octanol–water partition coefficient (Wildman–Crippen LogP) is 1.78. The standard InChI is InChI=1S/C8H12NO.CH3.3W/c1-7(2)8-4-3-5-9(10)6-8;;;;/h3-7,10H,1-2H3;1H3;;;/q+1;-1;;;. The Morgan fingerprint density at radius 3 is 2.00 bits per heavy atom. The Bertz CT molecular complexity index is 231. The molecule has 0 atom stereocenters. The van der Waals surface area contributed by atoms with Crippen molar-refractivity contribution in [2.24, 2.45) is 0 Å². The van der Waals surface area contributed by atoms with Crippen molar-refractivity contribution in [3.05, 3.63) is 37.5 Å². The molecule has 0 spiro atoms. The van der Waals surface area contributed by atoms with E-state index in [9.17, 15) is 0 Å². The number of aromatic nitrogens is 1. The molecule has 1 N–H and O–H groups in total. The van der Waals surface area contributed by atoms with Crippen LogP contribution in [-0.4, -0.2) is 5.21 Å². The van der Waals surface area contributed by atoms with E-state index in [-0.39, 0.29) is 70.6 Å². The molecule has 1 heterocycles. The van der Waals surface area contributed by atoms with E-state index < -0.39 is 0 Å². The molecular formula is C9H15NOW3. The zero-order valence-corrected chi connectivity index (χ0v) is 17.3. The van der Waals surface area contributed by atoms with Gasteiger partial charge in [-0.3, -0.25) is 5.21 Å². The summed E-state index contributed by atoms with van der Waals surface area (Å²) in [6, 6.07) is 3.83. The summed E-state index contributed by atoms with van der Waals surface area (Å²) < 4.78 is 1.08. The molecule has 1 aromatic rings. The van der Waals surface area contributed by atoms with Crippen LogP contribution in [0.5, 0.6) is 0 Å². The first-order valence-corrected chi connectivity index (χ1v) is 3.40. The molecule has 0 saturated heterocycles. The van der Waals surface area contributed by atoms with Crippen LogP contribution in [0.1, 0.15) is 25.3 Å². The van der Waals surface area contributed by atoms with Gasteiger partial charge in [0.1, 0.15) is 0 Å². The number of hydrogen-bond acceptors (Lipinski definition) is 1. The van der Waals surface area contributed by atoms with Crippen molar-refractivity contribution < 1.29 is 73.1 Å². The third-order valence-corrected chi connectivity index (χ3v) is 1.48. The minimum atomic E-state index is 0. The topological polar surface area (TPSA) is 24.1 Å². The number of hydrogen-bond donors (Lipinski definition) is 1. The van der Waals surface area contributed by atoms with Gasteiger partial charge in [-0.25, -0.2) is 0 Å². The van der Waals surface area contributed by atoms with Crippen LogP contribution in [0.25, 0.3) is 0 Å². The smallest absolute Gasteiger partial charge is 0.225 e. The Morgan fingerprint density at radius 1 is 1.21 bits per heavy atom. The second kappa shape index (κ2) is 12.1. The summed E-state index contributed by atoms with van der Waals surface area (Å²) in [5, 5.41) is 8.98. The molecule has 0 unspecified atom stereocenters. The molecule has 0 radical (unpaired) electrons. The Balaban J connectivity index is -0.000000125. The monoisotopic (exact) mass is 705 g/mol. The average Bonchev–Trinajstić information content (AvgIpc) is 1.88. The van der Waals surface area contributed by atoms with E-state index in [0.29, 0.717) is 5.92 Å². The van der Waals surface area contributed by atoms with Crippen LogP contribution >= 0.6 is 0 Å². The van der Waals surface area contributed by atoms with Gasteiger partial charge in [0.15, 0.2) is 0 Å². The summed E-state index contributed by atoms with van der Waals surface area (Å²) in [5.74, 6) is 0.472. The maximum Gasteiger partial charge on any atom is 0.225 e. The molecule has 0 aliphatic carbocycles. The Kier molecular flexibility index (Phi) is 21.0. The van der Waals surface area contributed by atoms with E-state index in [0.717, 1.165) is 10.3 Å². The quantitative estimate of drug-likeness (QED) is 0.270. The molecule has 0 aliphatic heterocycles. The molecule has 0 fully saturated rings. The minimum Gasteiger partial charge on any atom is -0.358 e. The van der Waals surface area contributed by atoms with E-state index in [1.165, 1.54) is 0 Å². The molecule has 80 valence electrons. The first-order chi connectivity index (χ1) is 4.70. The zero-order valence-electron chi connectivity index (χ0n) is 8.51. The molecule has 2 nitrogen and oxygen atoms in total. The Hall–Kier alpha value is 1.01. The van der Waals surface area contributed by atoms with Crippen molar-refractivity contribution in [3.63, 3.8) is 0 Å². The molecule has 5 heteroatoms. The molecule has 14 heavy (non-hydrogen) atoms. The molecular weight excluding hydrogens is 690 g/mol. The van der Waals surface area contributed by atoms with Gasteiger partial charge in [-0.05, 0) is 12.0 Å². The Labute approximate surface area is 129 Å². The van der Waals surface area contributed by atoms with Gasteiger partial charge in [-0.2, -0.15) is 0 Å². The average molecular weight is 705 g/mol. The van der Waals surface area contributed by atoms with Crippen molar-refractivity contribution in [1.82, 2.24) is 0 Å². The van der Waals surface area contributed by atoms with Gasteiger partial charge in [-0.15, -0.1) is 0 Å². The summed E-state index contributed by atoms with van der Waals surface area (Å²) in [6.45, 7) is 4.19. The predicted molar refractivity (Wildman–Crippen MR) is 44.3 cm³/mol. The zero-order chi connectivity index (χ0) is 7.56. The second-order valence-electron chi connectivity index (χ2n) is 2.67. The summed E-state index contributed by atoms with van der Waals surface area (Å²) in [5.41, 5.74) is 1.14. The van der Waals surface area contributed by atoms with E-state index in [2.05, 4.69) is 13.8 Å². The maximum absolute atomic E-state index is 8.98. The van der Waals surface area contributed by atoms with Crippen LogP contribution in [0.3, 0.4) is 0 Å². The normalized spacial score (nSPS) is 7.36. The van der Waals surface area contributed by atoms with Crippen LogP contribution in [0.4, 0.5) is 0 Å². The van der Waals surface area contributed by atoms with Crippen LogP contribution < -0.4 is 4.73 Å². The third-order valence-electron chi connectivity index (χ3n) is 1.48. The largest absolute Gasteiger partial charge is 0.358 e. The molecule has 0 amide bonds. The van der Waals surface area contributed by atoms with Crippen molar-refractivity contribution in [2.45, 2.75) is 19.8 Å². The van der Waals surface area contributed by atoms with Crippen molar-refractivity contribution in [3.8, 4) is 0 Å². The molecule has 0 saturated carbocycles. The summed E-state index contributed by atoms with van der Waals surface area (Å²) >= 11 is 0. The molecule has 0 bridgehead atoms. The molecule has 0 aromatic carbocycles. The molecule has 1 aromatic heterocycles. The second-order valence-corrected chi connectivity index (χ2v) is 2.67. The van der Waals surface area contributed by atoms with Crippen LogP contribution in [0.15, 0.2) is 24.5 Å².